The molecule has 0 bridgehead atoms. The molecule has 1 aromatic carbocycles. The van der Waals surface area contributed by atoms with Crippen molar-refractivity contribution in [1.82, 2.24) is 10.0 Å². The molecule has 5 aliphatic carbocycles. The lowest BCUT2D eigenvalue weighted by molar-refractivity contribution is -0.203. The highest BCUT2D eigenvalue weighted by molar-refractivity contribution is 7.98. The maximum absolute atomic E-state index is 12.6. The number of amides is 2. The molecule has 0 spiro atoms. The summed E-state index contributed by atoms with van der Waals surface area (Å²) in [7, 11) is 0. The minimum Gasteiger partial charge on any atom is -0.393 e. The van der Waals surface area contributed by atoms with Crippen LogP contribution in [0, 0.1) is 52.3 Å². The Bertz CT molecular complexity index is 1110. The first-order chi connectivity index (χ1) is 19.7. The van der Waals surface area contributed by atoms with Crippen LogP contribution in [0.1, 0.15) is 103 Å². The van der Waals surface area contributed by atoms with Gasteiger partial charge in [0, 0.05) is 11.4 Å². The second kappa shape index (κ2) is 11.7. The van der Waals surface area contributed by atoms with Gasteiger partial charge in [-0.25, -0.2) is 4.79 Å². The lowest BCUT2D eigenvalue weighted by Crippen LogP contribution is -2.62. The van der Waals surface area contributed by atoms with Crippen LogP contribution in [0.4, 0.5) is 4.79 Å². The second-order valence-electron chi connectivity index (χ2n) is 15.1. The second-order valence-corrected chi connectivity index (χ2v) is 16.0. The van der Waals surface area contributed by atoms with Crippen molar-refractivity contribution in [3.8, 4) is 0 Å². The number of urea groups is 1. The maximum Gasteiger partial charge on any atom is 0.325 e. The van der Waals surface area contributed by atoms with Crippen molar-refractivity contribution in [2.45, 2.75) is 122 Å². The molecule has 228 valence electrons. The molecular formula is C35H54N2O3S. The normalized spacial score (nSPS) is 42.0. The van der Waals surface area contributed by atoms with Gasteiger partial charge in [-0.1, -0.05) is 40.2 Å². The molecule has 5 aliphatic rings. The van der Waals surface area contributed by atoms with Gasteiger partial charge >= 0.3 is 6.03 Å². The topological polar surface area (TPSA) is 81.6 Å². The van der Waals surface area contributed by atoms with Crippen molar-refractivity contribution in [2.75, 3.05) is 6.54 Å². The lowest BCUT2D eigenvalue weighted by atomic mass is 9.41. The SMILES string of the molecule is CC[C@H]1[C@@H](O)[C@@H]2[C@H](CC[C@]3(C)[C@@H]([C@H](C)CCNC(=O)NSc4ccc5c(c4)CCC5)CC[C@@H]23)[C@@]2(C)CC[C@@H](O)C[C@@H]12. The van der Waals surface area contributed by atoms with Crippen LogP contribution in [0.2, 0.25) is 0 Å². The zero-order valence-corrected chi connectivity index (χ0v) is 26.6. The number of benzene rings is 1. The third-order valence-electron chi connectivity index (χ3n) is 13.4. The Morgan fingerprint density at radius 1 is 1.02 bits per heavy atom. The van der Waals surface area contributed by atoms with E-state index in [-0.39, 0.29) is 29.1 Å². The fraction of sp³-hybridized carbons (Fsp3) is 0.800. The number of hydrogen-bond donors (Lipinski definition) is 4. The van der Waals surface area contributed by atoms with Gasteiger partial charge in [0.1, 0.15) is 0 Å². The van der Waals surface area contributed by atoms with Crippen LogP contribution in [0.15, 0.2) is 23.1 Å². The van der Waals surface area contributed by atoms with Crippen LogP contribution in [0.25, 0.3) is 0 Å². The average Bonchev–Trinajstić information content (AvgIpc) is 3.56. The predicted octanol–water partition coefficient (Wildman–Crippen LogP) is 7.13. The molecule has 0 radical (unpaired) electrons. The first-order valence-electron chi connectivity index (χ1n) is 16.8. The molecule has 4 saturated carbocycles. The monoisotopic (exact) mass is 582 g/mol. The van der Waals surface area contributed by atoms with E-state index in [0.717, 1.165) is 43.4 Å². The molecule has 6 rings (SSSR count). The summed E-state index contributed by atoms with van der Waals surface area (Å²) >= 11 is 1.41. The van der Waals surface area contributed by atoms with E-state index in [4.69, 9.17) is 0 Å². The summed E-state index contributed by atoms with van der Waals surface area (Å²) < 4.78 is 2.98. The summed E-state index contributed by atoms with van der Waals surface area (Å²) in [5.74, 6) is 3.51. The van der Waals surface area contributed by atoms with Crippen molar-refractivity contribution in [3.05, 3.63) is 29.3 Å². The summed E-state index contributed by atoms with van der Waals surface area (Å²) in [6.45, 7) is 10.4. The van der Waals surface area contributed by atoms with Crippen molar-refractivity contribution in [1.29, 1.82) is 0 Å². The Morgan fingerprint density at radius 3 is 2.59 bits per heavy atom. The van der Waals surface area contributed by atoms with Crippen LogP contribution >= 0.6 is 11.9 Å². The first-order valence-corrected chi connectivity index (χ1v) is 17.7. The molecule has 1 aromatic rings. The number of carbonyl (C=O) groups is 1. The molecule has 5 nitrogen and oxygen atoms in total. The smallest absolute Gasteiger partial charge is 0.325 e. The minimum absolute atomic E-state index is 0.102. The summed E-state index contributed by atoms with van der Waals surface area (Å²) in [6, 6.07) is 6.45. The van der Waals surface area contributed by atoms with E-state index in [1.54, 1.807) is 0 Å². The van der Waals surface area contributed by atoms with E-state index in [1.165, 1.54) is 61.6 Å². The van der Waals surface area contributed by atoms with E-state index >= 15 is 0 Å². The fourth-order valence-electron chi connectivity index (χ4n) is 11.3. The number of aliphatic hydroxyl groups excluding tert-OH is 2. The largest absolute Gasteiger partial charge is 0.393 e. The Morgan fingerprint density at radius 2 is 1.78 bits per heavy atom. The third-order valence-corrected chi connectivity index (χ3v) is 14.1. The number of rotatable bonds is 7. The van der Waals surface area contributed by atoms with Crippen LogP contribution in [-0.4, -0.2) is 35.0 Å². The molecule has 4 fully saturated rings. The fourth-order valence-corrected chi connectivity index (χ4v) is 11.9. The molecule has 0 unspecified atom stereocenters. The number of carbonyl (C=O) groups excluding carboxylic acids is 1. The Balaban J connectivity index is 1.05. The minimum atomic E-state index is -0.236. The Kier molecular flexibility index (Phi) is 8.50. The zero-order valence-electron chi connectivity index (χ0n) is 25.8. The van der Waals surface area contributed by atoms with Crippen molar-refractivity contribution < 1.29 is 15.0 Å². The molecule has 4 N–H and O–H groups in total. The highest BCUT2D eigenvalue weighted by Gasteiger charge is 2.64. The predicted molar refractivity (Wildman–Crippen MR) is 166 cm³/mol. The highest BCUT2D eigenvalue weighted by Crippen LogP contribution is 2.69. The summed E-state index contributed by atoms with van der Waals surface area (Å²) in [4.78, 5) is 13.7. The third kappa shape index (κ3) is 5.26. The van der Waals surface area contributed by atoms with Gasteiger partial charge in [0.2, 0.25) is 0 Å². The molecule has 0 heterocycles. The highest BCUT2D eigenvalue weighted by atomic mass is 32.2. The van der Waals surface area contributed by atoms with Gasteiger partial charge in [0.25, 0.3) is 0 Å². The first kappa shape index (κ1) is 29.8. The van der Waals surface area contributed by atoms with Gasteiger partial charge in [-0.3, -0.25) is 4.72 Å². The van der Waals surface area contributed by atoms with Gasteiger partial charge in [0.05, 0.1) is 12.2 Å². The molecule has 0 aromatic heterocycles. The summed E-state index contributed by atoms with van der Waals surface area (Å²) in [6.07, 6.45) is 13.0. The number of hydrogen-bond acceptors (Lipinski definition) is 4. The molecule has 2 amide bonds. The van der Waals surface area contributed by atoms with E-state index in [1.807, 2.05) is 0 Å². The molecular weight excluding hydrogens is 528 g/mol. The van der Waals surface area contributed by atoms with Crippen LogP contribution in [0.3, 0.4) is 0 Å². The number of aryl methyl sites for hydroxylation is 2. The number of fused-ring (bicyclic) bond motifs is 6. The molecule has 6 heteroatoms. The van der Waals surface area contributed by atoms with Crippen molar-refractivity contribution in [2.24, 2.45) is 52.3 Å². The summed E-state index contributed by atoms with van der Waals surface area (Å²) in [5.41, 5.74) is 3.41. The Labute approximate surface area is 252 Å². The molecule has 0 saturated heterocycles. The van der Waals surface area contributed by atoms with Crippen molar-refractivity contribution >= 4 is 18.0 Å². The Hall–Kier alpha value is -1.24. The van der Waals surface area contributed by atoms with E-state index < -0.39 is 0 Å². The van der Waals surface area contributed by atoms with Crippen LogP contribution < -0.4 is 10.0 Å². The average molecular weight is 583 g/mol. The van der Waals surface area contributed by atoms with Crippen LogP contribution in [-0.2, 0) is 12.8 Å². The van der Waals surface area contributed by atoms with Gasteiger partial charge in [0.15, 0.2) is 0 Å². The van der Waals surface area contributed by atoms with Gasteiger partial charge in [-0.2, -0.15) is 0 Å². The zero-order chi connectivity index (χ0) is 28.9. The van der Waals surface area contributed by atoms with Gasteiger partial charge in [-0.15, -0.1) is 0 Å². The molecule has 0 aliphatic heterocycles. The molecule has 11 atom stereocenters. The van der Waals surface area contributed by atoms with Crippen molar-refractivity contribution in [3.63, 3.8) is 0 Å². The quantitative estimate of drug-likeness (QED) is 0.258. The van der Waals surface area contributed by atoms with E-state index in [9.17, 15) is 15.0 Å². The number of nitrogens with one attached hydrogen (secondary N) is 2. The maximum atomic E-state index is 12.6. The van der Waals surface area contributed by atoms with E-state index in [2.05, 4.69) is 55.9 Å². The van der Waals surface area contributed by atoms with Crippen LogP contribution in [0.5, 0.6) is 0 Å². The molecule has 41 heavy (non-hydrogen) atoms. The van der Waals surface area contributed by atoms with E-state index in [0.29, 0.717) is 48.0 Å². The van der Waals surface area contributed by atoms with Gasteiger partial charge < -0.3 is 15.5 Å². The standard InChI is InChI=1S/C35H54N2O3S/c1-5-26-30-20-24(38)13-16-35(30,4)29-14-17-34(3)27(11-12-28(34)31(29)32(26)39)21(2)15-18-36-33(40)37-41-25-10-9-22-7-6-8-23(22)19-25/h9-10,19,21,24,26-32,38-39H,5-8,11-18,20H2,1-4H3,(H2,36,37,40)/t21-,24-,26-,27-,28+,29+,30+,31+,32-,34-,35-/m1/s1. The van der Waals surface area contributed by atoms with Gasteiger partial charge in [-0.05, 0) is 158 Å². The lowest BCUT2D eigenvalue weighted by Gasteiger charge is -2.64. The summed E-state index contributed by atoms with van der Waals surface area (Å²) in [5, 5.41) is 25.6. The number of aliphatic hydroxyl groups is 2.